The van der Waals surface area contributed by atoms with Gasteiger partial charge in [0.25, 0.3) is 11.8 Å². The second-order valence-electron chi connectivity index (χ2n) is 23.7. The van der Waals surface area contributed by atoms with Crippen LogP contribution < -0.4 is 10.6 Å². The second kappa shape index (κ2) is 22.8. The summed E-state index contributed by atoms with van der Waals surface area (Å²) in [5.74, 6) is 0.846. The Labute approximate surface area is 422 Å². The molecule has 6 N–H and O–H groups in total. The van der Waals surface area contributed by atoms with Crippen molar-refractivity contribution in [3.05, 3.63) is 62.6 Å². The lowest BCUT2D eigenvalue weighted by Crippen LogP contribution is -2.53. The van der Waals surface area contributed by atoms with E-state index in [2.05, 4.69) is 45.3 Å². The van der Waals surface area contributed by atoms with Crippen LogP contribution in [-0.4, -0.2) is 56.3 Å². The number of hydrogen-bond acceptors (Lipinski definition) is 6. The average Bonchev–Trinajstić information content (AvgIpc) is 3.63. The van der Waals surface area contributed by atoms with Crippen LogP contribution in [0.25, 0.3) is 5.57 Å². The number of aliphatic carboxylic acids is 2. The molecule has 2 amide bonds. The molecule has 0 saturated heterocycles. The number of halogens is 2. The first-order valence-electron chi connectivity index (χ1n) is 26.3. The van der Waals surface area contributed by atoms with Crippen LogP contribution in [0.15, 0.2) is 30.3 Å². The van der Waals surface area contributed by atoms with Crippen molar-refractivity contribution >= 4 is 52.5 Å². The van der Waals surface area contributed by atoms with E-state index in [0.717, 1.165) is 48.3 Å². The van der Waals surface area contributed by atoms with E-state index in [1.807, 2.05) is 33.8 Å². The lowest BCUT2D eigenvalue weighted by molar-refractivity contribution is -0.140. The van der Waals surface area contributed by atoms with E-state index >= 15 is 0 Å². The molecule has 4 aliphatic carbocycles. The Morgan fingerprint density at radius 3 is 1.71 bits per heavy atom. The molecule has 69 heavy (non-hydrogen) atoms. The third-order valence-corrected chi connectivity index (χ3v) is 18.3. The highest BCUT2D eigenvalue weighted by Gasteiger charge is 2.60. The highest BCUT2D eigenvalue weighted by atomic mass is 35.5. The van der Waals surface area contributed by atoms with Crippen LogP contribution in [0.2, 0.25) is 10.0 Å². The number of phenolic OH excluding ortho intramolecular Hbond substituents is 2. The number of phenols is 2. The maximum Gasteiger partial charge on any atom is 0.326 e. The van der Waals surface area contributed by atoms with Gasteiger partial charge in [0.1, 0.15) is 23.6 Å². The zero-order valence-electron chi connectivity index (χ0n) is 42.8. The van der Waals surface area contributed by atoms with E-state index in [4.69, 9.17) is 23.2 Å². The molecule has 0 bridgehead atoms. The fourth-order valence-electron chi connectivity index (χ4n) is 14.2. The third-order valence-electron chi connectivity index (χ3n) is 17.8. The summed E-state index contributed by atoms with van der Waals surface area (Å²) in [5.41, 5.74) is 1.66. The molecule has 0 spiro atoms. The van der Waals surface area contributed by atoms with Gasteiger partial charge < -0.3 is 31.1 Å². The molecule has 10 nitrogen and oxygen atoms in total. The second-order valence-corrected chi connectivity index (χ2v) is 24.5. The SMILES string of the molecule is CC(C)CCCC(C)[C@H]1CC[C@H]2[C@@H]3CC[C@H]4C[C@@H](CCC=C(c5cc(Cl)c(O)c(C(=O)N[C@@H](CC(C)C)C(=O)O)c5)c5cc(Cl)c(O)c(C(=O)N[C@@H](CC(C)C)C(=O)O)c5)CC[C@]4(C)[C@H]3CC[C@]12C. The number of fused-ring (bicyclic) bond motifs is 5. The van der Waals surface area contributed by atoms with Gasteiger partial charge in [-0.05, 0) is 194 Å². The number of carbonyl (C=O) groups excluding carboxylic acids is 2. The summed E-state index contributed by atoms with van der Waals surface area (Å²) in [7, 11) is 0. The van der Waals surface area contributed by atoms with Gasteiger partial charge in [-0.15, -0.1) is 0 Å². The van der Waals surface area contributed by atoms with Crippen molar-refractivity contribution in [3.8, 4) is 11.5 Å². The molecule has 1 unspecified atom stereocenters. The molecule has 4 saturated carbocycles. The first-order valence-corrected chi connectivity index (χ1v) is 27.0. The molecule has 4 fully saturated rings. The Morgan fingerprint density at radius 1 is 0.681 bits per heavy atom. The zero-order valence-corrected chi connectivity index (χ0v) is 44.3. The van der Waals surface area contributed by atoms with E-state index in [1.165, 1.54) is 94.9 Å². The van der Waals surface area contributed by atoms with Crippen molar-refractivity contribution in [2.24, 2.45) is 70.0 Å². The number of carbonyl (C=O) groups is 4. The third kappa shape index (κ3) is 12.3. The summed E-state index contributed by atoms with van der Waals surface area (Å²) in [6.45, 7) is 19.9. The molecule has 0 heterocycles. The van der Waals surface area contributed by atoms with Crippen LogP contribution in [-0.2, 0) is 9.59 Å². The standard InChI is InChI=1S/C57H82Cl2N2O8/c1-31(2)12-10-13-34(7)43-18-19-44-40-17-16-38-26-35(20-22-56(38,8)45(40)21-23-57(43,44)9)14-11-15-39(36-27-41(50(62)46(58)29-36)52(64)60-48(54(66)67)24-32(3)4)37-28-42(51(63)47(59)30-37)53(65)61-49(55(68)69)25-33(5)6/h15,27-35,38,40,43-45,48-49,62-63H,10-14,16-26H2,1-9H3,(H,60,64)(H,61,65)(H,66,67)(H,68,69)/t34?,35-,38-,40-,43+,44-,45-,48-,49-,56-,57+/m0/s1. The molecule has 11 atom stereocenters. The number of rotatable bonds is 20. The van der Waals surface area contributed by atoms with Crippen molar-refractivity contribution < 1.29 is 39.6 Å². The lowest BCUT2D eigenvalue weighted by atomic mass is 9.44. The lowest BCUT2D eigenvalue weighted by Gasteiger charge is -2.61. The van der Waals surface area contributed by atoms with Crippen LogP contribution in [0.5, 0.6) is 11.5 Å². The zero-order chi connectivity index (χ0) is 50.7. The van der Waals surface area contributed by atoms with Crippen molar-refractivity contribution in [2.45, 2.75) is 177 Å². The quantitative estimate of drug-likeness (QED) is 0.0760. The minimum atomic E-state index is -1.21. The molecule has 382 valence electrons. The van der Waals surface area contributed by atoms with Gasteiger partial charge in [0.05, 0.1) is 21.2 Å². The first-order chi connectivity index (χ1) is 32.4. The summed E-state index contributed by atoms with van der Waals surface area (Å²) < 4.78 is 0. The van der Waals surface area contributed by atoms with Crippen LogP contribution in [0.4, 0.5) is 0 Å². The molecular formula is C57H82Cl2N2O8. The Morgan fingerprint density at radius 2 is 1.20 bits per heavy atom. The van der Waals surface area contributed by atoms with Crippen molar-refractivity contribution in [3.63, 3.8) is 0 Å². The number of benzene rings is 2. The maximum atomic E-state index is 13.7. The molecule has 0 radical (unpaired) electrons. The number of allylic oxidation sites excluding steroid dienone is 1. The largest absolute Gasteiger partial charge is 0.506 e. The summed E-state index contributed by atoms with van der Waals surface area (Å²) in [4.78, 5) is 51.8. The number of amides is 2. The predicted octanol–water partition coefficient (Wildman–Crippen LogP) is 13.8. The molecule has 0 aliphatic heterocycles. The molecule has 0 aromatic heterocycles. The maximum absolute atomic E-state index is 13.7. The number of carboxylic acid groups (broad SMARTS) is 2. The van der Waals surface area contributed by atoms with Crippen LogP contribution in [0.3, 0.4) is 0 Å². The molecule has 4 aliphatic rings. The van der Waals surface area contributed by atoms with Crippen LogP contribution in [0.1, 0.15) is 197 Å². The van der Waals surface area contributed by atoms with Gasteiger partial charge in [0.2, 0.25) is 0 Å². The minimum absolute atomic E-state index is 0.0409. The molecule has 6 rings (SSSR count). The van der Waals surface area contributed by atoms with E-state index < -0.39 is 47.3 Å². The summed E-state index contributed by atoms with van der Waals surface area (Å²) in [5, 5.41) is 46.9. The van der Waals surface area contributed by atoms with E-state index in [1.54, 1.807) is 0 Å². The summed E-state index contributed by atoms with van der Waals surface area (Å²) in [6.07, 6.45) is 19.6. The normalized spacial score (nSPS) is 27.7. The van der Waals surface area contributed by atoms with Gasteiger partial charge in [-0.1, -0.05) is 111 Å². The van der Waals surface area contributed by atoms with Crippen LogP contribution in [0, 0.1) is 70.0 Å². The van der Waals surface area contributed by atoms with Crippen molar-refractivity contribution in [1.82, 2.24) is 10.6 Å². The predicted molar refractivity (Wildman–Crippen MR) is 276 cm³/mol. The van der Waals surface area contributed by atoms with Gasteiger partial charge in [-0.3, -0.25) is 9.59 Å². The molecule has 12 heteroatoms. The van der Waals surface area contributed by atoms with Gasteiger partial charge in [-0.25, -0.2) is 9.59 Å². The number of carboxylic acids is 2. The topological polar surface area (TPSA) is 173 Å². The average molecular weight is 994 g/mol. The smallest absolute Gasteiger partial charge is 0.326 e. The summed E-state index contributed by atoms with van der Waals surface area (Å²) >= 11 is 13.3. The van der Waals surface area contributed by atoms with Crippen LogP contribution >= 0.6 is 23.2 Å². The fraction of sp³-hybridized carbons (Fsp3) is 0.684. The molecule has 2 aromatic carbocycles. The van der Waals surface area contributed by atoms with Gasteiger partial charge in [0, 0.05) is 0 Å². The number of aromatic hydroxyl groups is 2. The Hall–Kier alpha value is -3.76. The Bertz CT molecular complexity index is 2120. The van der Waals surface area contributed by atoms with E-state index in [0.29, 0.717) is 45.8 Å². The highest BCUT2D eigenvalue weighted by Crippen LogP contribution is 2.69. The molecular weight excluding hydrogens is 912 g/mol. The number of nitrogens with one attached hydrogen (secondary N) is 2. The minimum Gasteiger partial charge on any atom is -0.506 e. The summed E-state index contributed by atoms with van der Waals surface area (Å²) in [6, 6.07) is 3.48. The monoisotopic (exact) mass is 993 g/mol. The van der Waals surface area contributed by atoms with Crippen molar-refractivity contribution in [2.75, 3.05) is 0 Å². The Balaban J connectivity index is 1.25. The van der Waals surface area contributed by atoms with Crippen molar-refractivity contribution in [1.29, 1.82) is 0 Å². The highest BCUT2D eigenvalue weighted by molar-refractivity contribution is 6.33. The van der Waals surface area contributed by atoms with Gasteiger partial charge in [-0.2, -0.15) is 0 Å². The van der Waals surface area contributed by atoms with E-state index in [9.17, 15) is 39.6 Å². The fourth-order valence-corrected chi connectivity index (χ4v) is 14.7. The van der Waals surface area contributed by atoms with Gasteiger partial charge >= 0.3 is 11.9 Å². The molecule has 2 aromatic rings. The number of hydrogen-bond donors (Lipinski definition) is 6. The van der Waals surface area contributed by atoms with Gasteiger partial charge in [0.15, 0.2) is 0 Å². The Kier molecular flexibility index (Phi) is 18.0. The first kappa shape index (κ1) is 54.6. The van der Waals surface area contributed by atoms with E-state index in [-0.39, 0.29) is 45.8 Å².